The number of amides is 1. The van der Waals surface area contributed by atoms with Crippen LogP contribution >= 0.6 is 0 Å². The van der Waals surface area contributed by atoms with Crippen LogP contribution < -0.4 is 0 Å². The maximum atomic E-state index is 11.7. The Bertz CT molecular complexity index is 819. The van der Waals surface area contributed by atoms with E-state index in [2.05, 4.69) is 9.97 Å². The number of aromatic carboxylic acids is 1. The van der Waals surface area contributed by atoms with E-state index in [0.29, 0.717) is 18.1 Å². The van der Waals surface area contributed by atoms with Crippen molar-refractivity contribution in [1.29, 1.82) is 0 Å². The molecule has 0 unspecified atom stereocenters. The molecule has 0 aliphatic carbocycles. The molecule has 3 rings (SSSR count). The Morgan fingerprint density at radius 1 is 1.24 bits per heavy atom. The molecule has 0 spiro atoms. The van der Waals surface area contributed by atoms with Crippen LogP contribution in [0, 0.1) is 6.92 Å². The predicted octanol–water partition coefficient (Wildman–Crippen LogP) is 2.88. The smallest absolute Gasteiger partial charge is 0.335 e. The van der Waals surface area contributed by atoms with Crippen LogP contribution in [0.3, 0.4) is 0 Å². The quantitative estimate of drug-likeness (QED) is 0.929. The molecule has 1 aromatic carbocycles. The predicted molar refractivity (Wildman–Crippen MR) is 93.4 cm³/mol. The van der Waals surface area contributed by atoms with Crippen molar-refractivity contribution in [2.75, 3.05) is 13.1 Å². The second-order valence-electron chi connectivity index (χ2n) is 6.42. The van der Waals surface area contributed by atoms with Gasteiger partial charge in [0.1, 0.15) is 5.82 Å². The van der Waals surface area contributed by atoms with E-state index >= 15 is 0 Å². The Kier molecular flexibility index (Phi) is 4.79. The van der Waals surface area contributed by atoms with Gasteiger partial charge < -0.3 is 10.0 Å². The number of carboxylic acid groups (broad SMARTS) is 1. The first kappa shape index (κ1) is 17.1. The van der Waals surface area contributed by atoms with Crippen molar-refractivity contribution in [2.24, 2.45) is 0 Å². The van der Waals surface area contributed by atoms with Gasteiger partial charge in [-0.15, -0.1) is 0 Å². The highest BCUT2D eigenvalue weighted by molar-refractivity contribution is 5.89. The summed E-state index contributed by atoms with van der Waals surface area (Å²) in [4.78, 5) is 33.8. The molecule has 0 bridgehead atoms. The minimum atomic E-state index is -0.961. The van der Waals surface area contributed by atoms with Gasteiger partial charge in [-0.2, -0.15) is 0 Å². The van der Waals surface area contributed by atoms with Crippen LogP contribution in [-0.4, -0.2) is 44.9 Å². The van der Waals surface area contributed by atoms with E-state index < -0.39 is 5.97 Å². The number of nitrogens with zero attached hydrogens (tertiary/aromatic N) is 3. The molecule has 0 radical (unpaired) electrons. The maximum absolute atomic E-state index is 11.7. The molecule has 6 nitrogen and oxygen atoms in total. The van der Waals surface area contributed by atoms with Gasteiger partial charge in [-0.1, -0.05) is 12.1 Å². The van der Waals surface area contributed by atoms with Gasteiger partial charge in [-0.05, 0) is 38.0 Å². The third-order valence-corrected chi connectivity index (χ3v) is 4.55. The summed E-state index contributed by atoms with van der Waals surface area (Å²) in [6, 6.07) is 8.67. The number of hydrogen-bond donors (Lipinski definition) is 1. The van der Waals surface area contributed by atoms with Gasteiger partial charge in [-0.3, -0.25) is 4.79 Å². The average molecular weight is 339 g/mol. The summed E-state index contributed by atoms with van der Waals surface area (Å²) in [5, 5.41) is 9.18. The van der Waals surface area contributed by atoms with Crippen molar-refractivity contribution in [3.63, 3.8) is 0 Å². The van der Waals surface area contributed by atoms with E-state index in [1.54, 1.807) is 25.1 Å². The lowest BCUT2D eigenvalue weighted by Crippen LogP contribution is -2.37. The number of hydrogen-bond acceptors (Lipinski definition) is 4. The summed E-state index contributed by atoms with van der Waals surface area (Å²) in [6.07, 6.45) is 1.94. The first-order valence-electron chi connectivity index (χ1n) is 8.39. The summed E-state index contributed by atoms with van der Waals surface area (Å²) in [7, 11) is 0. The molecule has 25 heavy (non-hydrogen) atoms. The largest absolute Gasteiger partial charge is 0.478 e. The minimum Gasteiger partial charge on any atom is -0.478 e. The van der Waals surface area contributed by atoms with Crippen molar-refractivity contribution in [1.82, 2.24) is 14.9 Å². The Labute approximate surface area is 146 Å². The van der Waals surface area contributed by atoms with E-state index in [9.17, 15) is 14.7 Å². The molecule has 1 aliphatic rings. The Morgan fingerprint density at radius 3 is 2.76 bits per heavy atom. The molecule has 1 amide bonds. The summed E-state index contributed by atoms with van der Waals surface area (Å²) < 4.78 is 0. The third-order valence-electron chi connectivity index (χ3n) is 4.55. The molecule has 2 heterocycles. The second kappa shape index (κ2) is 7.01. The van der Waals surface area contributed by atoms with Gasteiger partial charge >= 0.3 is 5.97 Å². The van der Waals surface area contributed by atoms with E-state index in [4.69, 9.17) is 0 Å². The Hall–Kier alpha value is -2.76. The number of likely N-dealkylation sites (tertiary alicyclic amines) is 1. The lowest BCUT2D eigenvalue weighted by molar-refractivity contribution is -0.130. The van der Waals surface area contributed by atoms with Crippen LogP contribution in [0.15, 0.2) is 30.3 Å². The Balaban J connectivity index is 1.94. The van der Waals surface area contributed by atoms with Crippen molar-refractivity contribution >= 4 is 11.9 Å². The number of aryl methyl sites for hydroxylation is 1. The first-order chi connectivity index (χ1) is 11.9. The van der Waals surface area contributed by atoms with Crippen molar-refractivity contribution in [3.8, 4) is 11.3 Å². The highest BCUT2D eigenvalue weighted by atomic mass is 16.4. The molecule has 1 atom stereocenters. The van der Waals surface area contributed by atoms with Crippen molar-refractivity contribution < 1.29 is 14.7 Å². The van der Waals surface area contributed by atoms with Crippen LogP contribution in [0.5, 0.6) is 0 Å². The number of aromatic nitrogens is 2. The fourth-order valence-corrected chi connectivity index (χ4v) is 3.26. The highest BCUT2D eigenvalue weighted by Crippen LogP contribution is 2.28. The topological polar surface area (TPSA) is 83.4 Å². The zero-order valence-corrected chi connectivity index (χ0v) is 14.4. The van der Waals surface area contributed by atoms with E-state index in [1.807, 2.05) is 24.0 Å². The fourth-order valence-electron chi connectivity index (χ4n) is 3.26. The number of carbonyl (C=O) groups excluding carboxylic acids is 1. The zero-order valence-electron chi connectivity index (χ0n) is 14.4. The second-order valence-corrected chi connectivity index (χ2v) is 6.42. The van der Waals surface area contributed by atoms with Gasteiger partial charge in [0.05, 0.1) is 11.3 Å². The van der Waals surface area contributed by atoms with Crippen LogP contribution in [0.25, 0.3) is 11.3 Å². The van der Waals surface area contributed by atoms with Crippen molar-refractivity contribution in [2.45, 2.75) is 32.6 Å². The summed E-state index contributed by atoms with van der Waals surface area (Å²) in [6.45, 7) is 4.89. The molecule has 1 saturated heterocycles. The summed E-state index contributed by atoms with van der Waals surface area (Å²) >= 11 is 0. The number of rotatable bonds is 3. The summed E-state index contributed by atoms with van der Waals surface area (Å²) in [5.74, 6) is -0.0453. The van der Waals surface area contributed by atoms with Gasteiger partial charge in [0.2, 0.25) is 5.91 Å². The minimum absolute atomic E-state index is 0.0878. The average Bonchev–Trinajstić information content (AvgIpc) is 2.61. The third kappa shape index (κ3) is 3.84. The van der Waals surface area contributed by atoms with Gasteiger partial charge in [0.25, 0.3) is 0 Å². The van der Waals surface area contributed by atoms with Gasteiger partial charge in [0, 0.05) is 37.2 Å². The number of benzene rings is 1. The molecule has 0 saturated carbocycles. The highest BCUT2D eigenvalue weighted by Gasteiger charge is 2.24. The lowest BCUT2D eigenvalue weighted by Gasteiger charge is -2.32. The molecule has 130 valence electrons. The molecule has 1 N–H and O–H groups in total. The normalized spacial score (nSPS) is 17.4. The number of piperidine rings is 1. The van der Waals surface area contributed by atoms with Gasteiger partial charge in [0.15, 0.2) is 0 Å². The first-order valence-corrected chi connectivity index (χ1v) is 8.39. The van der Waals surface area contributed by atoms with E-state index in [-0.39, 0.29) is 17.4 Å². The molecule has 1 fully saturated rings. The van der Waals surface area contributed by atoms with Crippen LogP contribution in [0.1, 0.15) is 47.6 Å². The van der Waals surface area contributed by atoms with Gasteiger partial charge in [-0.25, -0.2) is 14.8 Å². The number of carboxylic acids is 1. The molecule has 1 aromatic heterocycles. The molecule has 2 aromatic rings. The standard InChI is InChI=1S/C19H21N3O3/c1-12-20-17(14-5-3-6-15(9-14)19(24)25)10-18(21-12)16-7-4-8-22(11-16)13(2)23/h3,5-6,9-10,16H,4,7-8,11H2,1-2H3,(H,24,25)/t16-/m1/s1. The monoisotopic (exact) mass is 339 g/mol. The van der Waals surface area contributed by atoms with Crippen molar-refractivity contribution in [3.05, 3.63) is 47.4 Å². The van der Waals surface area contributed by atoms with Crippen LogP contribution in [0.2, 0.25) is 0 Å². The maximum Gasteiger partial charge on any atom is 0.335 e. The van der Waals surface area contributed by atoms with Crippen LogP contribution in [-0.2, 0) is 4.79 Å². The molecule has 1 aliphatic heterocycles. The van der Waals surface area contributed by atoms with Crippen LogP contribution in [0.4, 0.5) is 0 Å². The molecular formula is C19H21N3O3. The zero-order chi connectivity index (χ0) is 18.0. The summed E-state index contributed by atoms with van der Waals surface area (Å²) in [5.41, 5.74) is 2.61. The molecule has 6 heteroatoms. The number of carbonyl (C=O) groups is 2. The van der Waals surface area contributed by atoms with E-state index in [0.717, 1.165) is 30.6 Å². The SMILES string of the molecule is CC(=O)N1CCC[C@@H](c2cc(-c3cccc(C(=O)O)c3)nc(C)n2)C1. The fraction of sp³-hybridized carbons (Fsp3) is 0.368. The lowest BCUT2D eigenvalue weighted by atomic mass is 9.93. The van der Waals surface area contributed by atoms with E-state index in [1.165, 1.54) is 0 Å². The molecular weight excluding hydrogens is 318 g/mol. The Morgan fingerprint density at radius 2 is 2.04 bits per heavy atom.